The Balaban J connectivity index is 1.58. The predicted molar refractivity (Wildman–Crippen MR) is 119 cm³/mol. The third kappa shape index (κ3) is 6.89. The third-order valence-electron chi connectivity index (χ3n) is 5.41. The van der Waals surface area contributed by atoms with Gasteiger partial charge in [0.15, 0.2) is 0 Å². The normalized spacial score (nSPS) is 15.1. The summed E-state index contributed by atoms with van der Waals surface area (Å²) in [7, 11) is 0. The number of nitrogen functional groups attached to an aromatic ring is 1. The Morgan fingerprint density at radius 3 is 2.48 bits per heavy atom. The molecule has 2 amide bonds. The van der Waals surface area contributed by atoms with Crippen molar-refractivity contribution in [2.24, 2.45) is 5.73 Å². The van der Waals surface area contributed by atoms with Crippen molar-refractivity contribution in [3.05, 3.63) is 65.5 Å². The molecule has 1 heterocycles. The molecule has 0 aliphatic heterocycles. The number of aromatic nitrogens is 1. The van der Waals surface area contributed by atoms with E-state index in [2.05, 4.69) is 20.9 Å². The number of pyridine rings is 1. The standard InChI is InChI=1S/C23H30N6O2/c24-22(25)17-11-9-16(10-12-17)14-27-21(19-8-4-5-13-26-19)23(31)28-15-20(30)29-18-6-2-1-3-7-18/h4-5,8-13,18,21,27H,1-3,6-7,14-15H2,(H3,24,25)(H,28,31)(H,29,30). The summed E-state index contributed by atoms with van der Waals surface area (Å²) < 4.78 is 0. The van der Waals surface area contributed by atoms with Gasteiger partial charge in [-0.25, -0.2) is 0 Å². The molecule has 1 aliphatic carbocycles. The topological polar surface area (TPSA) is 133 Å². The first kappa shape index (κ1) is 22.4. The van der Waals surface area contributed by atoms with E-state index in [-0.39, 0.29) is 30.2 Å². The molecule has 8 heteroatoms. The van der Waals surface area contributed by atoms with Gasteiger partial charge in [0.25, 0.3) is 0 Å². The van der Waals surface area contributed by atoms with E-state index in [0.717, 1.165) is 31.2 Å². The first-order valence-corrected chi connectivity index (χ1v) is 10.7. The van der Waals surface area contributed by atoms with Crippen molar-refractivity contribution >= 4 is 17.6 Å². The maximum atomic E-state index is 12.9. The first-order valence-electron chi connectivity index (χ1n) is 10.7. The van der Waals surface area contributed by atoms with Gasteiger partial charge in [0.05, 0.1) is 12.2 Å². The molecular formula is C23H30N6O2. The number of nitrogens with one attached hydrogen (secondary N) is 4. The number of rotatable bonds is 9. The number of carbonyl (C=O) groups is 2. The molecule has 1 fully saturated rings. The van der Waals surface area contributed by atoms with Crippen molar-refractivity contribution in [1.82, 2.24) is 20.9 Å². The highest BCUT2D eigenvalue weighted by atomic mass is 16.2. The fourth-order valence-electron chi connectivity index (χ4n) is 3.70. The minimum absolute atomic E-state index is 0.0109. The van der Waals surface area contributed by atoms with Crippen LogP contribution in [0, 0.1) is 5.41 Å². The van der Waals surface area contributed by atoms with Crippen LogP contribution in [0.4, 0.5) is 0 Å². The number of benzene rings is 1. The Bertz CT molecular complexity index is 879. The summed E-state index contributed by atoms with van der Waals surface area (Å²) in [6.07, 6.45) is 7.12. The van der Waals surface area contributed by atoms with E-state index in [1.54, 1.807) is 30.5 Å². The lowest BCUT2D eigenvalue weighted by molar-refractivity contribution is -0.127. The van der Waals surface area contributed by atoms with Gasteiger partial charge in [-0.05, 0) is 30.5 Å². The van der Waals surface area contributed by atoms with Gasteiger partial charge in [0.1, 0.15) is 11.9 Å². The van der Waals surface area contributed by atoms with Crippen LogP contribution in [0.5, 0.6) is 0 Å². The van der Waals surface area contributed by atoms with Gasteiger partial charge in [0.2, 0.25) is 11.8 Å². The van der Waals surface area contributed by atoms with Crippen molar-refractivity contribution in [1.29, 1.82) is 5.41 Å². The number of carbonyl (C=O) groups excluding carboxylic acids is 2. The molecule has 8 nitrogen and oxygen atoms in total. The predicted octanol–water partition coefficient (Wildman–Crippen LogP) is 1.76. The van der Waals surface area contributed by atoms with E-state index in [9.17, 15) is 9.59 Å². The quantitative estimate of drug-likeness (QED) is 0.310. The SMILES string of the molecule is N=C(N)c1ccc(CNC(C(=O)NCC(=O)NC2CCCCC2)c2ccccn2)cc1. The molecule has 0 spiro atoms. The number of hydrogen-bond donors (Lipinski definition) is 5. The lowest BCUT2D eigenvalue weighted by Crippen LogP contribution is -2.45. The first-order chi connectivity index (χ1) is 15.0. The largest absolute Gasteiger partial charge is 0.384 e. The molecule has 1 saturated carbocycles. The van der Waals surface area contributed by atoms with Crippen LogP contribution in [-0.4, -0.2) is 35.2 Å². The lowest BCUT2D eigenvalue weighted by atomic mass is 9.95. The van der Waals surface area contributed by atoms with Gasteiger partial charge in [-0.2, -0.15) is 0 Å². The van der Waals surface area contributed by atoms with Crippen molar-refractivity contribution in [3.63, 3.8) is 0 Å². The van der Waals surface area contributed by atoms with Crippen molar-refractivity contribution in [2.45, 2.75) is 50.7 Å². The summed E-state index contributed by atoms with van der Waals surface area (Å²) in [6.45, 7) is 0.356. The van der Waals surface area contributed by atoms with Gasteiger partial charge in [-0.3, -0.25) is 25.3 Å². The molecule has 0 bridgehead atoms. The average molecular weight is 423 g/mol. The summed E-state index contributed by atoms with van der Waals surface area (Å²) >= 11 is 0. The molecule has 3 rings (SSSR count). The lowest BCUT2D eigenvalue weighted by Gasteiger charge is -2.23. The summed E-state index contributed by atoms with van der Waals surface area (Å²) in [5, 5.41) is 16.4. The summed E-state index contributed by atoms with van der Waals surface area (Å²) in [4.78, 5) is 29.4. The highest BCUT2D eigenvalue weighted by molar-refractivity contribution is 5.94. The van der Waals surface area contributed by atoms with E-state index in [4.69, 9.17) is 11.1 Å². The molecule has 1 unspecified atom stereocenters. The van der Waals surface area contributed by atoms with Crippen LogP contribution in [0.2, 0.25) is 0 Å². The fourth-order valence-corrected chi connectivity index (χ4v) is 3.70. The minimum atomic E-state index is -0.698. The van der Waals surface area contributed by atoms with E-state index in [0.29, 0.717) is 17.8 Å². The van der Waals surface area contributed by atoms with E-state index < -0.39 is 6.04 Å². The highest BCUT2D eigenvalue weighted by Crippen LogP contribution is 2.17. The zero-order valence-electron chi connectivity index (χ0n) is 17.6. The van der Waals surface area contributed by atoms with E-state index >= 15 is 0 Å². The molecule has 1 atom stereocenters. The van der Waals surface area contributed by atoms with Gasteiger partial charge in [-0.15, -0.1) is 0 Å². The molecule has 0 radical (unpaired) electrons. The summed E-state index contributed by atoms with van der Waals surface area (Å²) in [5.41, 5.74) is 7.65. The zero-order valence-corrected chi connectivity index (χ0v) is 17.6. The third-order valence-corrected chi connectivity index (χ3v) is 5.41. The maximum Gasteiger partial charge on any atom is 0.243 e. The molecule has 164 valence electrons. The Hall–Kier alpha value is -3.26. The van der Waals surface area contributed by atoms with Crippen molar-refractivity contribution < 1.29 is 9.59 Å². The summed E-state index contributed by atoms with van der Waals surface area (Å²) in [5.74, 6) is -0.463. The van der Waals surface area contributed by atoms with Crippen LogP contribution in [0.25, 0.3) is 0 Å². The van der Waals surface area contributed by atoms with Gasteiger partial charge < -0.3 is 16.4 Å². The molecule has 0 saturated heterocycles. The van der Waals surface area contributed by atoms with Crippen LogP contribution < -0.4 is 21.7 Å². The summed E-state index contributed by atoms with van der Waals surface area (Å²) in [6, 6.07) is 12.1. The second-order valence-corrected chi connectivity index (χ2v) is 7.80. The molecule has 31 heavy (non-hydrogen) atoms. The van der Waals surface area contributed by atoms with E-state index in [1.165, 1.54) is 6.42 Å². The molecule has 6 N–H and O–H groups in total. The Kier molecular flexibility index (Phi) is 8.12. The van der Waals surface area contributed by atoms with Crippen LogP contribution >= 0.6 is 0 Å². The fraction of sp³-hybridized carbons (Fsp3) is 0.391. The van der Waals surface area contributed by atoms with Crippen molar-refractivity contribution in [2.75, 3.05) is 6.54 Å². The van der Waals surface area contributed by atoms with Crippen molar-refractivity contribution in [3.8, 4) is 0 Å². The Morgan fingerprint density at radius 1 is 1.10 bits per heavy atom. The molecule has 1 aromatic heterocycles. The van der Waals surface area contributed by atoms with Gasteiger partial charge in [0, 0.05) is 24.3 Å². The average Bonchev–Trinajstić information content (AvgIpc) is 2.79. The number of nitrogens with zero attached hydrogens (tertiary/aromatic N) is 1. The zero-order chi connectivity index (χ0) is 22.1. The van der Waals surface area contributed by atoms with E-state index in [1.807, 2.05) is 18.2 Å². The van der Waals surface area contributed by atoms with Gasteiger partial charge >= 0.3 is 0 Å². The monoisotopic (exact) mass is 422 g/mol. The second kappa shape index (κ2) is 11.2. The molecular weight excluding hydrogens is 392 g/mol. The number of nitrogens with two attached hydrogens (primary N) is 1. The van der Waals surface area contributed by atoms with Crippen LogP contribution in [0.15, 0.2) is 48.7 Å². The molecule has 2 aromatic rings. The minimum Gasteiger partial charge on any atom is -0.384 e. The Morgan fingerprint density at radius 2 is 1.84 bits per heavy atom. The maximum absolute atomic E-state index is 12.9. The van der Waals surface area contributed by atoms with Crippen LogP contribution in [-0.2, 0) is 16.1 Å². The number of amidine groups is 1. The second-order valence-electron chi connectivity index (χ2n) is 7.80. The van der Waals surface area contributed by atoms with Gasteiger partial charge in [-0.1, -0.05) is 49.6 Å². The Labute approximate surface area is 182 Å². The highest BCUT2D eigenvalue weighted by Gasteiger charge is 2.22. The molecule has 1 aliphatic rings. The van der Waals surface area contributed by atoms with Crippen LogP contribution in [0.3, 0.4) is 0 Å². The number of amides is 2. The number of hydrogen-bond acceptors (Lipinski definition) is 5. The van der Waals surface area contributed by atoms with Crippen LogP contribution in [0.1, 0.15) is 55.0 Å². The smallest absolute Gasteiger partial charge is 0.243 e. The molecule has 1 aromatic carbocycles.